The third-order valence-electron chi connectivity index (χ3n) is 3.38. The standard InChI is InChI=1S/C12H22N2S/c1-8(2)5-12-14-10-4-3-9(7-13)6-11(10)15-12/h8-11H,3-7,13H2,1-2H3. The van der Waals surface area contributed by atoms with Crippen molar-refractivity contribution in [1.82, 2.24) is 0 Å². The van der Waals surface area contributed by atoms with Crippen molar-refractivity contribution in [2.75, 3.05) is 6.54 Å². The van der Waals surface area contributed by atoms with Crippen LogP contribution in [0.2, 0.25) is 0 Å². The van der Waals surface area contributed by atoms with E-state index in [0.717, 1.165) is 23.6 Å². The highest BCUT2D eigenvalue weighted by Crippen LogP contribution is 2.40. The van der Waals surface area contributed by atoms with Gasteiger partial charge in [-0.3, -0.25) is 4.99 Å². The second kappa shape index (κ2) is 4.88. The molecule has 3 unspecified atom stereocenters. The zero-order chi connectivity index (χ0) is 10.8. The minimum Gasteiger partial charge on any atom is -0.330 e. The summed E-state index contributed by atoms with van der Waals surface area (Å²) in [7, 11) is 0. The van der Waals surface area contributed by atoms with E-state index in [2.05, 4.69) is 13.8 Å². The van der Waals surface area contributed by atoms with E-state index in [1.54, 1.807) is 0 Å². The monoisotopic (exact) mass is 226 g/mol. The average molecular weight is 226 g/mol. The van der Waals surface area contributed by atoms with Crippen molar-refractivity contribution in [3.05, 3.63) is 0 Å². The summed E-state index contributed by atoms with van der Waals surface area (Å²) < 4.78 is 0. The third kappa shape index (κ3) is 2.76. The first-order valence-electron chi connectivity index (χ1n) is 6.12. The fourth-order valence-corrected chi connectivity index (χ4v) is 4.22. The Hall–Kier alpha value is -0.0200. The summed E-state index contributed by atoms with van der Waals surface area (Å²) in [5.74, 6) is 1.49. The molecule has 0 bridgehead atoms. The third-order valence-corrected chi connectivity index (χ3v) is 4.73. The number of nitrogens with two attached hydrogens (primary N) is 1. The predicted octanol–water partition coefficient (Wildman–Crippen LogP) is 2.67. The fourth-order valence-electron chi connectivity index (χ4n) is 2.52. The van der Waals surface area contributed by atoms with Gasteiger partial charge in [-0.05, 0) is 44.1 Å². The van der Waals surface area contributed by atoms with E-state index in [4.69, 9.17) is 10.7 Å². The molecular formula is C12H22N2S. The Labute approximate surface area is 97.1 Å². The SMILES string of the molecule is CC(C)CC1=NC2CCC(CN)CC2S1. The molecule has 2 aliphatic rings. The quantitative estimate of drug-likeness (QED) is 0.803. The van der Waals surface area contributed by atoms with Gasteiger partial charge in [0.2, 0.25) is 0 Å². The highest BCUT2D eigenvalue weighted by Gasteiger charge is 2.35. The van der Waals surface area contributed by atoms with Crippen LogP contribution in [-0.2, 0) is 0 Å². The molecule has 0 aromatic rings. The van der Waals surface area contributed by atoms with Gasteiger partial charge in [-0.15, -0.1) is 11.8 Å². The first-order chi connectivity index (χ1) is 7.19. The number of thioether (sulfide) groups is 1. The van der Waals surface area contributed by atoms with Gasteiger partial charge in [-0.2, -0.15) is 0 Å². The number of hydrogen-bond acceptors (Lipinski definition) is 3. The Balaban J connectivity index is 1.90. The van der Waals surface area contributed by atoms with Gasteiger partial charge in [0.1, 0.15) is 0 Å². The van der Waals surface area contributed by atoms with Crippen LogP contribution in [0.5, 0.6) is 0 Å². The molecule has 3 atom stereocenters. The van der Waals surface area contributed by atoms with Crippen molar-refractivity contribution >= 4 is 16.8 Å². The molecule has 15 heavy (non-hydrogen) atoms. The largest absolute Gasteiger partial charge is 0.330 e. The van der Waals surface area contributed by atoms with Gasteiger partial charge in [-0.1, -0.05) is 13.8 Å². The van der Waals surface area contributed by atoms with Crippen LogP contribution in [0.25, 0.3) is 0 Å². The van der Waals surface area contributed by atoms with Gasteiger partial charge in [0.15, 0.2) is 0 Å². The number of rotatable bonds is 3. The zero-order valence-electron chi connectivity index (χ0n) is 9.78. The van der Waals surface area contributed by atoms with Crippen LogP contribution in [-0.4, -0.2) is 22.9 Å². The Kier molecular flexibility index (Phi) is 3.73. The van der Waals surface area contributed by atoms with Gasteiger partial charge in [0.25, 0.3) is 0 Å². The minimum absolute atomic E-state index is 0.617. The Bertz CT molecular complexity index is 250. The van der Waals surface area contributed by atoms with Gasteiger partial charge < -0.3 is 5.73 Å². The fraction of sp³-hybridized carbons (Fsp3) is 0.917. The van der Waals surface area contributed by atoms with Crippen LogP contribution in [0.3, 0.4) is 0 Å². The first-order valence-corrected chi connectivity index (χ1v) is 7.00. The molecule has 1 heterocycles. The molecule has 0 aromatic carbocycles. The molecule has 1 saturated carbocycles. The summed E-state index contributed by atoms with van der Waals surface area (Å²) in [6, 6.07) is 0.617. The lowest BCUT2D eigenvalue weighted by atomic mass is 9.86. The van der Waals surface area contributed by atoms with Crippen LogP contribution < -0.4 is 5.73 Å². The van der Waals surface area contributed by atoms with Crippen molar-refractivity contribution in [3.63, 3.8) is 0 Å². The lowest BCUT2D eigenvalue weighted by Gasteiger charge is -2.28. The van der Waals surface area contributed by atoms with E-state index in [1.165, 1.54) is 30.7 Å². The minimum atomic E-state index is 0.617. The van der Waals surface area contributed by atoms with Gasteiger partial charge in [-0.25, -0.2) is 0 Å². The van der Waals surface area contributed by atoms with E-state index < -0.39 is 0 Å². The molecule has 3 heteroatoms. The first kappa shape index (κ1) is 11.5. The molecule has 0 aromatic heterocycles. The molecule has 2 N–H and O–H groups in total. The molecule has 2 nitrogen and oxygen atoms in total. The number of nitrogens with zero attached hydrogens (tertiary/aromatic N) is 1. The summed E-state index contributed by atoms with van der Waals surface area (Å²) >= 11 is 2.04. The molecule has 0 spiro atoms. The number of hydrogen-bond donors (Lipinski definition) is 1. The van der Waals surface area contributed by atoms with Crippen molar-refractivity contribution in [2.45, 2.75) is 50.8 Å². The van der Waals surface area contributed by atoms with Crippen LogP contribution >= 0.6 is 11.8 Å². The normalized spacial score (nSPS) is 35.5. The van der Waals surface area contributed by atoms with Crippen molar-refractivity contribution in [3.8, 4) is 0 Å². The van der Waals surface area contributed by atoms with Gasteiger partial charge in [0.05, 0.1) is 11.1 Å². The number of aliphatic imine (C=N–C) groups is 1. The van der Waals surface area contributed by atoms with Gasteiger partial charge >= 0.3 is 0 Å². The molecule has 0 saturated heterocycles. The Morgan fingerprint density at radius 3 is 2.93 bits per heavy atom. The maximum atomic E-state index is 5.75. The lowest BCUT2D eigenvalue weighted by molar-refractivity contribution is 0.347. The van der Waals surface area contributed by atoms with E-state index in [0.29, 0.717) is 6.04 Å². The second-order valence-corrected chi connectivity index (χ2v) is 6.57. The van der Waals surface area contributed by atoms with Crippen LogP contribution in [0.4, 0.5) is 0 Å². The lowest BCUT2D eigenvalue weighted by Crippen LogP contribution is -2.31. The smallest absolute Gasteiger partial charge is 0.0685 e. The zero-order valence-corrected chi connectivity index (χ0v) is 10.6. The molecule has 0 amide bonds. The van der Waals surface area contributed by atoms with E-state index in [-0.39, 0.29) is 0 Å². The topological polar surface area (TPSA) is 38.4 Å². The van der Waals surface area contributed by atoms with E-state index in [9.17, 15) is 0 Å². The summed E-state index contributed by atoms with van der Waals surface area (Å²) in [6.07, 6.45) is 5.01. The maximum Gasteiger partial charge on any atom is 0.0685 e. The van der Waals surface area contributed by atoms with Crippen LogP contribution in [0, 0.1) is 11.8 Å². The summed E-state index contributed by atoms with van der Waals surface area (Å²) in [5.41, 5.74) is 5.75. The molecule has 86 valence electrons. The summed E-state index contributed by atoms with van der Waals surface area (Å²) in [5, 5.41) is 2.15. The molecule has 1 fully saturated rings. The summed E-state index contributed by atoms with van der Waals surface area (Å²) in [4.78, 5) is 4.86. The second-order valence-electron chi connectivity index (χ2n) is 5.26. The van der Waals surface area contributed by atoms with Crippen LogP contribution in [0.1, 0.15) is 39.5 Å². The highest BCUT2D eigenvalue weighted by molar-refractivity contribution is 8.14. The molecule has 0 radical (unpaired) electrons. The number of fused-ring (bicyclic) bond motifs is 1. The predicted molar refractivity (Wildman–Crippen MR) is 68.5 cm³/mol. The van der Waals surface area contributed by atoms with E-state index in [1.807, 2.05) is 11.8 Å². The maximum absolute atomic E-state index is 5.75. The molecule has 1 aliphatic heterocycles. The van der Waals surface area contributed by atoms with Crippen molar-refractivity contribution in [1.29, 1.82) is 0 Å². The highest BCUT2D eigenvalue weighted by atomic mass is 32.2. The summed E-state index contributed by atoms with van der Waals surface area (Å²) in [6.45, 7) is 5.41. The van der Waals surface area contributed by atoms with Crippen molar-refractivity contribution < 1.29 is 0 Å². The van der Waals surface area contributed by atoms with Crippen LogP contribution in [0.15, 0.2) is 4.99 Å². The molecule has 2 rings (SSSR count). The Morgan fingerprint density at radius 2 is 2.27 bits per heavy atom. The average Bonchev–Trinajstić information content (AvgIpc) is 2.57. The van der Waals surface area contributed by atoms with Gasteiger partial charge in [0, 0.05) is 5.25 Å². The van der Waals surface area contributed by atoms with E-state index >= 15 is 0 Å². The van der Waals surface area contributed by atoms with Crippen molar-refractivity contribution in [2.24, 2.45) is 22.6 Å². The molecule has 1 aliphatic carbocycles. The Morgan fingerprint density at radius 1 is 1.47 bits per heavy atom. The molecular weight excluding hydrogens is 204 g/mol.